The predicted octanol–water partition coefficient (Wildman–Crippen LogP) is 0.244. The van der Waals surface area contributed by atoms with E-state index < -0.39 is 0 Å². The molecule has 0 aliphatic heterocycles. The van der Waals surface area contributed by atoms with Crippen LogP contribution in [0, 0.1) is 0 Å². The highest BCUT2D eigenvalue weighted by Crippen LogP contribution is 2.29. The first kappa shape index (κ1) is 11.3. The molecule has 2 aromatic rings. The van der Waals surface area contributed by atoms with Crippen molar-refractivity contribution in [2.24, 2.45) is 7.05 Å². The Morgan fingerprint density at radius 3 is 2.12 bits per heavy atom. The van der Waals surface area contributed by atoms with Crippen LogP contribution in [0.3, 0.4) is 0 Å². The van der Waals surface area contributed by atoms with Gasteiger partial charge in [-0.2, -0.15) is 0 Å². The Labute approximate surface area is 96.4 Å². The van der Waals surface area contributed by atoms with E-state index in [2.05, 4.69) is 5.10 Å². The Morgan fingerprint density at radius 2 is 1.59 bits per heavy atom. The summed E-state index contributed by atoms with van der Waals surface area (Å²) in [5, 5.41) is 3.01. The summed E-state index contributed by atoms with van der Waals surface area (Å²) in [6.07, 6.45) is 0. The second-order valence-corrected chi connectivity index (χ2v) is 3.56. The number of methoxy groups -OCH3 is 2. The second kappa shape index (κ2) is 3.97. The fraction of sp³-hybridized carbons (Fsp3) is 0.273. The first-order valence-corrected chi connectivity index (χ1v) is 4.93. The molecule has 6 heteroatoms. The van der Waals surface area contributed by atoms with Gasteiger partial charge in [0.05, 0.1) is 25.0 Å². The molecule has 0 unspecified atom stereocenters. The maximum atomic E-state index is 11.8. The van der Waals surface area contributed by atoms with E-state index in [1.165, 1.54) is 33.4 Å². The number of aromatic nitrogens is 2. The molecule has 0 spiro atoms. The van der Waals surface area contributed by atoms with Gasteiger partial charge in [-0.25, -0.2) is 0 Å². The van der Waals surface area contributed by atoms with Crippen molar-refractivity contribution in [3.05, 3.63) is 32.8 Å². The van der Waals surface area contributed by atoms with Gasteiger partial charge in [-0.1, -0.05) is 0 Å². The standard InChI is InChI=1S/C11H12N2O4/c1-13-11(15)7-5-9(17-3)8(16-2)4-6(7)10(14)12-13/h4-5H,1-3H3,(H,12,14). The summed E-state index contributed by atoms with van der Waals surface area (Å²) in [5.74, 6) is 0.835. The fourth-order valence-corrected chi connectivity index (χ4v) is 1.69. The highest BCUT2D eigenvalue weighted by Gasteiger charge is 2.11. The SMILES string of the molecule is COc1cc2c(=O)[nH]n(C)c(=O)c2cc1OC. The number of hydrogen-bond donors (Lipinski definition) is 1. The Bertz CT molecular complexity index is 684. The number of aryl methyl sites for hydroxylation is 1. The third-order valence-corrected chi connectivity index (χ3v) is 2.57. The van der Waals surface area contributed by atoms with E-state index in [0.29, 0.717) is 16.9 Å². The minimum absolute atomic E-state index is 0.283. The maximum Gasteiger partial charge on any atom is 0.272 e. The lowest BCUT2D eigenvalue weighted by molar-refractivity contribution is 0.355. The Morgan fingerprint density at radius 1 is 1.06 bits per heavy atom. The van der Waals surface area contributed by atoms with Crippen LogP contribution in [0.15, 0.2) is 21.7 Å². The minimum Gasteiger partial charge on any atom is -0.493 e. The molecule has 1 N–H and O–H groups in total. The first-order chi connectivity index (χ1) is 8.08. The van der Waals surface area contributed by atoms with Crippen LogP contribution in [0.2, 0.25) is 0 Å². The van der Waals surface area contributed by atoms with Gasteiger partial charge in [-0.05, 0) is 12.1 Å². The lowest BCUT2D eigenvalue weighted by Crippen LogP contribution is -2.27. The number of hydrogen-bond acceptors (Lipinski definition) is 4. The molecule has 0 atom stereocenters. The molecule has 0 amide bonds. The predicted molar refractivity (Wildman–Crippen MR) is 62.9 cm³/mol. The van der Waals surface area contributed by atoms with Gasteiger partial charge in [-0.3, -0.25) is 19.4 Å². The van der Waals surface area contributed by atoms with Crippen molar-refractivity contribution in [3.8, 4) is 11.5 Å². The van der Waals surface area contributed by atoms with Crippen LogP contribution in [0.5, 0.6) is 11.5 Å². The number of ether oxygens (including phenoxy) is 2. The summed E-state index contributed by atoms with van der Waals surface area (Å²) in [6, 6.07) is 3.00. The number of H-pyrrole nitrogens is 1. The van der Waals surface area contributed by atoms with E-state index in [9.17, 15) is 9.59 Å². The number of fused-ring (bicyclic) bond motifs is 1. The summed E-state index contributed by atoms with van der Waals surface area (Å²) in [4.78, 5) is 23.6. The molecule has 0 aliphatic rings. The van der Waals surface area contributed by atoms with Crippen molar-refractivity contribution in [2.75, 3.05) is 14.2 Å². The summed E-state index contributed by atoms with van der Waals surface area (Å²) in [7, 11) is 4.43. The van der Waals surface area contributed by atoms with Gasteiger partial charge in [0, 0.05) is 7.05 Å². The van der Waals surface area contributed by atoms with Gasteiger partial charge in [-0.15, -0.1) is 0 Å². The molecule has 6 nitrogen and oxygen atoms in total. The van der Waals surface area contributed by atoms with Crippen molar-refractivity contribution in [2.45, 2.75) is 0 Å². The number of benzene rings is 1. The van der Waals surface area contributed by atoms with Crippen molar-refractivity contribution in [3.63, 3.8) is 0 Å². The van der Waals surface area contributed by atoms with Crippen LogP contribution in [0.25, 0.3) is 10.8 Å². The molecule has 0 fully saturated rings. The number of rotatable bonds is 2. The Kier molecular flexibility index (Phi) is 2.63. The zero-order chi connectivity index (χ0) is 12.6. The molecule has 90 valence electrons. The van der Waals surface area contributed by atoms with Gasteiger partial charge in [0.1, 0.15) is 0 Å². The van der Waals surface area contributed by atoms with Crippen molar-refractivity contribution in [1.29, 1.82) is 0 Å². The van der Waals surface area contributed by atoms with Crippen LogP contribution < -0.4 is 20.6 Å². The average molecular weight is 236 g/mol. The van der Waals surface area contributed by atoms with Crippen molar-refractivity contribution in [1.82, 2.24) is 9.78 Å². The van der Waals surface area contributed by atoms with Crippen LogP contribution in [0.4, 0.5) is 0 Å². The number of aromatic amines is 1. The van der Waals surface area contributed by atoms with Gasteiger partial charge >= 0.3 is 0 Å². The van der Waals surface area contributed by atoms with E-state index >= 15 is 0 Å². The first-order valence-electron chi connectivity index (χ1n) is 4.93. The Hall–Kier alpha value is -2.24. The molecule has 0 saturated heterocycles. The molecule has 17 heavy (non-hydrogen) atoms. The third kappa shape index (κ3) is 1.67. The second-order valence-electron chi connectivity index (χ2n) is 3.56. The third-order valence-electron chi connectivity index (χ3n) is 2.57. The van der Waals surface area contributed by atoms with Gasteiger partial charge in [0.15, 0.2) is 11.5 Å². The lowest BCUT2D eigenvalue weighted by Gasteiger charge is -2.09. The quantitative estimate of drug-likeness (QED) is 0.810. The molecule has 0 saturated carbocycles. The van der Waals surface area contributed by atoms with Crippen LogP contribution in [0.1, 0.15) is 0 Å². The maximum absolute atomic E-state index is 11.8. The monoisotopic (exact) mass is 236 g/mol. The molecule has 0 aliphatic carbocycles. The lowest BCUT2D eigenvalue weighted by atomic mass is 10.1. The Balaban J connectivity index is 2.97. The summed E-state index contributed by atoms with van der Waals surface area (Å²) in [6.45, 7) is 0. The van der Waals surface area contributed by atoms with Gasteiger partial charge < -0.3 is 9.47 Å². The molecule has 0 radical (unpaired) electrons. The van der Waals surface area contributed by atoms with E-state index in [1.807, 2.05) is 0 Å². The van der Waals surface area contributed by atoms with Crippen molar-refractivity contribution < 1.29 is 9.47 Å². The average Bonchev–Trinajstić information content (AvgIpc) is 2.34. The highest BCUT2D eigenvalue weighted by atomic mass is 16.5. The van der Waals surface area contributed by atoms with Crippen LogP contribution >= 0.6 is 0 Å². The fourth-order valence-electron chi connectivity index (χ4n) is 1.69. The van der Waals surface area contributed by atoms with Gasteiger partial charge in [0.2, 0.25) is 0 Å². The molecular formula is C11H12N2O4. The minimum atomic E-state index is -0.344. The largest absolute Gasteiger partial charge is 0.493 e. The van der Waals surface area contributed by atoms with E-state index in [-0.39, 0.29) is 16.5 Å². The zero-order valence-electron chi connectivity index (χ0n) is 9.73. The molecule has 1 aromatic heterocycles. The highest BCUT2D eigenvalue weighted by molar-refractivity contribution is 5.84. The molecule has 1 aromatic carbocycles. The van der Waals surface area contributed by atoms with Crippen LogP contribution in [-0.2, 0) is 7.05 Å². The van der Waals surface area contributed by atoms with Crippen molar-refractivity contribution >= 4 is 10.8 Å². The topological polar surface area (TPSA) is 73.3 Å². The molecule has 2 rings (SSSR count). The summed E-state index contributed by atoms with van der Waals surface area (Å²) < 4.78 is 11.3. The normalized spacial score (nSPS) is 10.5. The van der Waals surface area contributed by atoms with E-state index in [1.54, 1.807) is 0 Å². The summed E-state index contributed by atoms with van der Waals surface area (Å²) in [5.41, 5.74) is -0.636. The van der Waals surface area contributed by atoms with Gasteiger partial charge in [0.25, 0.3) is 11.1 Å². The molecule has 0 bridgehead atoms. The molecular weight excluding hydrogens is 224 g/mol. The van der Waals surface area contributed by atoms with E-state index in [0.717, 1.165) is 4.68 Å². The number of nitrogens with zero attached hydrogens (tertiary/aromatic N) is 1. The smallest absolute Gasteiger partial charge is 0.272 e. The zero-order valence-corrected chi connectivity index (χ0v) is 9.73. The van der Waals surface area contributed by atoms with E-state index in [4.69, 9.17) is 9.47 Å². The molecule has 1 heterocycles. The number of nitrogens with one attached hydrogen (secondary N) is 1. The summed E-state index contributed by atoms with van der Waals surface area (Å²) >= 11 is 0. The van der Waals surface area contributed by atoms with Crippen LogP contribution in [-0.4, -0.2) is 24.0 Å².